The molecule has 3 atom stereocenters. The van der Waals surface area contributed by atoms with Gasteiger partial charge >= 0.3 is 0 Å². The number of rotatable bonds is 11. The lowest BCUT2D eigenvalue weighted by Gasteiger charge is -2.33. The minimum absolute atomic E-state index is 0.117. The number of hydrogen-bond acceptors (Lipinski definition) is 7. The Morgan fingerprint density at radius 2 is 1.73 bits per heavy atom. The third-order valence-electron chi connectivity index (χ3n) is 7.47. The second-order valence-electron chi connectivity index (χ2n) is 12.2. The van der Waals surface area contributed by atoms with Crippen molar-refractivity contribution in [1.82, 2.24) is 20.9 Å². The van der Waals surface area contributed by atoms with Crippen LogP contribution in [0, 0.1) is 11.8 Å². The highest BCUT2D eigenvalue weighted by molar-refractivity contribution is 6.01. The molecule has 2 aromatic carbocycles. The van der Waals surface area contributed by atoms with Gasteiger partial charge < -0.3 is 35.1 Å². The summed E-state index contributed by atoms with van der Waals surface area (Å²) < 4.78 is 16.8. The molecule has 1 heterocycles. The second kappa shape index (κ2) is 17.4. The van der Waals surface area contributed by atoms with Gasteiger partial charge in [-0.1, -0.05) is 52.0 Å². The number of nitrogens with one attached hydrogen (secondary N) is 3. The van der Waals surface area contributed by atoms with E-state index >= 15 is 0 Å². The van der Waals surface area contributed by atoms with Crippen LogP contribution in [0.25, 0.3) is 0 Å². The molecule has 0 saturated carbocycles. The van der Waals surface area contributed by atoms with Crippen molar-refractivity contribution < 1.29 is 33.4 Å². The minimum atomic E-state index is -1.21. The molecular formula is C34H48N4O7. The topological polar surface area (TPSA) is 135 Å². The molecule has 0 aromatic heterocycles. The van der Waals surface area contributed by atoms with E-state index in [2.05, 4.69) is 29.8 Å². The Hall–Kier alpha value is -4.12. The van der Waals surface area contributed by atoms with E-state index in [4.69, 9.17) is 14.2 Å². The molecule has 4 amide bonds. The number of carbonyl (C=O) groups is 4. The zero-order valence-electron chi connectivity index (χ0n) is 27.3. The zero-order valence-corrected chi connectivity index (χ0v) is 27.3. The quantitative estimate of drug-likeness (QED) is 0.327. The van der Waals surface area contributed by atoms with E-state index in [0.717, 1.165) is 5.56 Å². The molecular weight excluding hydrogens is 576 g/mol. The lowest BCUT2D eigenvalue weighted by molar-refractivity contribution is -0.138. The Bertz CT molecular complexity index is 1300. The van der Waals surface area contributed by atoms with Crippen molar-refractivity contribution in [2.45, 2.75) is 71.6 Å². The maximum atomic E-state index is 13.8. The fourth-order valence-electron chi connectivity index (χ4n) is 5.15. The van der Waals surface area contributed by atoms with Crippen molar-refractivity contribution in [2.75, 3.05) is 34.0 Å². The fourth-order valence-corrected chi connectivity index (χ4v) is 5.15. The molecule has 0 aliphatic carbocycles. The summed E-state index contributed by atoms with van der Waals surface area (Å²) in [6.45, 7) is 9.21. The van der Waals surface area contributed by atoms with Gasteiger partial charge in [0.25, 0.3) is 5.91 Å². The van der Waals surface area contributed by atoms with Crippen LogP contribution in [0.1, 0.15) is 62.9 Å². The largest absolute Gasteiger partial charge is 0.491 e. The smallest absolute Gasteiger partial charge is 0.255 e. The monoisotopic (exact) mass is 624 g/mol. The summed E-state index contributed by atoms with van der Waals surface area (Å²) in [5.41, 5.74) is 0.999. The van der Waals surface area contributed by atoms with Crippen molar-refractivity contribution in [3.05, 3.63) is 59.7 Å². The highest BCUT2D eigenvalue weighted by atomic mass is 16.5. The summed E-state index contributed by atoms with van der Waals surface area (Å²) in [7, 11) is 3.31. The van der Waals surface area contributed by atoms with E-state index in [0.29, 0.717) is 37.6 Å². The number of para-hydroxylation sites is 1. The number of benzene rings is 2. The maximum absolute atomic E-state index is 13.8. The van der Waals surface area contributed by atoms with Gasteiger partial charge in [0.05, 0.1) is 24.6 Å². The van der Waals surface area contributed by atoms with Gasteiger partial charge in [-0.15, -0.1) is 0 Å². The van der Waals surface area contributed by atoms with Crippen LogP contribution in [-0.4, -0.2) is 80.6 Å². The van der Waals surface area contributed by atoms with Gasteiger partial charge in [0.1, 0.15) is 36.8 Å². The highest BCUT2D eigenvalue weighted by Crippen LogP contribution is 2.22. The van der Waals surface area contributed by atoms with Crippen molar-refractivity contribution in [2.24, 2.45) is 11.8 Å². The van der Waals surface area contributed by atoms with Crippen LogP contribution in [-0.2, 0) is 25.7 Å². The van der Waals surface area contributed by atoms with Crippen LogP contribution in [0.2, 0.25) is 0 Å². The SMILES string of the molecule is COCCOc1cccc(CNC(=O)[C@@H]2CC(=O)N[C@H](CC(C)C)C(=O)N(C)[C@@H](CC(C)C)COc3ccccc3C(=O)N2)c1. The van der Waals surface area contributed by atoms with Crippen LogP contribution in [0.15, 0.2) is 48.5 Å². The first-order valence-corrected chi connectivity index (χ1v) is 15.6. The molecule has 11 heteroatoms. The van der Waals surface area contributed by atoms with Gasteiger partial charge in [-0.2, -0.15) is 0 Å². The molecule has 11 nitrogen and oxygen atoms in total. The van der Waals surface area contributed by atoms with E-state index < -0.39 is 29.8 Å². The van der Waals surface area contributed by atoms with E-state index in [-0.39, 0.29) is 48.9 Å². The molecule has 0 fully saturated rings. The van der Waals surface area contributed by atoms with Gasteiger partial charge in [-0.05, 0) is 54.5 Å². The number of carbonyl (C=O) groups excluding carboxylic acids is 4. The summed E-state index contributed by atoms with van der Waals surface area (Å²) in [6.07, 6.45) is 0.726. The summed E-state index contributed by atoms with van der Waals surface area (Å²) in [5.74, 6) is -0.492. The van der Waals surface area contributed by atoms with Crippen molar-refractivity contribution in [1.29, 1.82) is 0 Å². The van der Waals surface area contributed by atoms with E-state index in [1.54, 1.807) is 55.5 Å². The number of fused-ring (bicyclic) bond motifs is 1. The summed E-state index contributed by atoms with van der Waals surface area (Å²) in [5, 5.41) is 8.41. The lowest BCUT2D eigenvalue weighted by atomic mass is 9.99. The minimum Gasteiger partial charge on any atom is -0.491 e. The average Bonchev–Trinajstić information content (AvgIpc) is 3.00. The van der Waals surface area contributed by atoms with Gasteiger partial charge in [-0.25, -0.2) is 0 Å². The van der Waals surface area contributed by atoms with Gasteiger partial charge in [0, 0.05) is 20.7 Å². The molecule has 246 valence electrons. The van der Waals surface area contributed by atoms with Crippen molar-refractivity contribution in [3.63, 3.8) is 0 Å². The van der Waals surface area contributed by atoms with Crippen LogP contribution >= 0.6 is 0 Å². The molecule has 2 aromatic rings. The molecule has 45 heavy (non-hydrogen) atoms. The number of amides is 4. The van der Waals surface area contributed by atoms with E-state index in [9.17, 15) is 19.2 Å². The predicted octanol–water partition coefficient (Wildman–Crippen LogP) is 3.31. The van der Waals surface area contributed by atoms with Crippen LogP contribution in [0.5, 0.6) is 11.5 Å². The predicted molar refractivity (Wildman–Crippen MR) is 171 cm³/mol. The Morgan fingerprint density at radius 1 is 1.00 bits per heavy atom. The standard InChI is InChI=1S/C34H48N4O7/c1-22(2)16-25-21-45-30-13-8-7-12-27(30)32(40)37-28(19-31(39)36-29(17-23(3)4)34(42)38(25)5)33(41)35-20-24-10-9-11-26(18-24)44-15-14-43-6/h7-13,18,22-23,25,28-29H,14-17,19-21H2,1-6H3,(H,35,41)(H,36,39)(H,37,40)/t25-,28-,29+/m0/s1. The molecule has 3 rings (SSSR count). The molecule has 0 bridgehead atoms. The van der Waals surface area contributed by atoms with Crippen LogP contribution in [0.4, 0.5) is 0 Å². The number of likely N-dealkylation sites (N-methyl/N-ethyl adjacent to an activating group) is 1. The number of nitrogens with zero attached hydrogens (tertiary/aromatic N) is 1. The van der Waals surface area contributed by atoms with Crippen LogP contribution < -0.4 is 25.4 Å². The van der Waals surface area contributed by atoms with Crippen LogP contribution in [0.3, 0.4) is 0 Å². The number of ether oxygens (including phenoxy) is 3. The zero-order chi connectivity index (χ0) is 32.9. The number of hydrogen-bond donors (Lipinski definition) is 3. The Morgan fingerprint density at radius 3 is 2.44 bits per heavy atom. The fraction of sp³-hybridized carbons (Fsp3) is 0.529. The highest BCUT2D eigenvalue weighted by Gasteiger charge is 2.33. The average molecular weight is 625 g/mol. The summed E-state index contributed by atoms with van der Waals surface area (Å²) in [4.78, 5) is 55.8. The van der Waals surface area contributed by atoms with E-state index in [1.165, 1.54) is 0 Å². The third-order valence-corrected chi connectivity index (χ3v) is 7.47. The van der Waals surface area contributed by atoms with Gasteiger partial charge in [0.15, 0.2) is 0 Å². The molecule has 0 unspecified atom stereocenters. The Kier molecular flexibility index (Phi) is 13.7. The first-order chi connectivity index (χ1) is 21.5. The van der Waals surface area contributed by atoms with Crippen molar-refractivity contribution >= 4 is 23.6 Å². The van der Waals surface area contributed by atoms with E-state index in [1.807, 2.05) is 26.0 Å². The van der Waals surface area contributed by atoms with Crippen molar-refractivity contribution in [3.8, 4) is 11.5 Å². The Labute approximate surface area is 266 Å². The molecule has 1 aliphatic heterocycles. The van der Waals surface area contributed by atoms with Gasteiger partial charge in [-0.3, -0.25) is 19.2 Å². The normalized spacial score (nSPS) is 19.7. The van der Waals surface area contributed by atoms with Gasteiger partial charge in [0.2, 0.25) is 17.7 Å². The molecule has 1 aliphatic rings. The maximum Gasteiger partial charge on any atom is 0.255 e. The molecule has 0 saturated heterocycles. The molecule has 0 spiro atoms. The molecule has 0 radical (unpaired) electrons. The first-order valence-electron chi connectivity index (χ1n) is 15.6. The Balaban J connectivity index is 1.88. The second-order valence-corrected chi connectivity index (χ2v) is 12.2. The first kappa shape index (κ1) is 35.4. The number of methoxy groups -OCH3 is 1. The lowest BCUT2D eigenvalue weighted by Crippen LogP contribution is -2.54. The summed E-state index contributed by atoms with van der Waals surface area (Å²) >= 11 is 0. The summed E-state index contributed by atoms with van der Waals surface area (Å²) in [6, 6.07) is 11.7. The third kappa shape index (κ3) is 11.1. The molecule has 3 N–H and O–H groups in total.